The highest BCUT2D eigenvalue weighted by Crippen LogP contribution is 2.24. The van der Waals surface area contributed by atoms with Gasteiger partial charge in [-0.3, -0.25) is 9.97 Å². The minimum absolute atomic E-state index is 0.864. The van der Waals surface area contributed by atoms with Gasteiger partial charge in [0, 0.05) is 24.3 Å². The fraction of sp³-hybridized carbons (Fsp3) is 0.364. The maximum absolute atomic E-state index is 4.48. The van der Waals surface area contributed by atoms with E-state index >= 15 is 0 Å². The monoisotopic (exact) mass is 234 g/mol. The lowest BCUT2D eigenvalue weighted by atomic mass is 10.3. The van der Waals surface area contributed by atoms with E-state index in [2.05, 4.69) is 27.2 Å². The first-order valence-electron chi connectivity index (χ1n) is 5.28. The summed E-state index contributed by atoms with van der Waals surface area (Å²) in [5, 5.41) is 6.22. The zero-order chi connectivity index (χ0) is 11.4. The van der Waals surface area contributed by atoms with Crippen molar-refractivity contribution >= 4 is 16.5 Å². The SMILES string of the molecule is CCCNc1nc(-c2nccnc2C)cs1. The fourth-order valence-electron chi connectivity index (χ4n) is 1.35. The minimum atomic E-state index is 0.864. The second-order valence-corrected chi connectivity index (χ2v) is 4.31. The Labute approximate surface area is 98.8 Å². The normalized spacial score (nSPS) is 10.4. The first-order chi connectivity index (χ1) is 7.81. The van der Waals surface area contributed by atoms with E-state index in [1.165, 1.54) is 0 Å². The van der Waals surface area contributed by atoms with Crippen LogP contribution in [-0.4, -0.2) is 21.5 Å². The smallest absolute Gasteiger partial charge is 0.183 e. The van der Waals surface area contributed by atoms with Gasteiger partial charge in [0.15, 0.2) is 5.13 Å². The summed E-state index contributed by atoms with van der Waals surface area (Å²) in [6.07, 6.45) is 4.49. The lowest BCUT2D eigenvalue weighted by Crippen LogP contribution is -1.99. The first kappa shape index (κ1) is 11.0. The van der Waals surface area contributed by atoms with Crippen LogP contribution >= 0.6 is 11.3 Å². The Morgan fingerprint density at radius 3 is 2.88 bits per heavy atom. The van der Waals surface area contributed by atoms with E-state index in [1.807, 2.05) is 12.3 Å². The number of hydrogen-bond donors (Lipinski definition) is 1. The Balaban J connectivity index is 2.22. The van der Waals surface area contributed by atoms with Gasteiger partial charge in [0.2, 0.25) is 0 Å². The Kier molecular flexibility index (Phi) is 3.46. The van der Waals surface area contributed by atoms with Crippen LogP contribution in [0.15, 0.2) is 17.8 Å². The summed E-state index contributed by atoms with van der Waals surface area (Å²) in [6.45, 7) is 5.03. The highest BCUT2D eigenvalue weighted by molar-refractivity contribution is 7.14. The van der Waals surface area contributed by atoms with Crippen molar-refractivity contribution in [3.8, 4) is 11.4 Å². The third-order valence-electron chi connectivity index (χ3n) is 2.15. The van der Waals surface area contributed by atoms with Crippen molar-refractivity contribution in [3.05, 3.63) is 23.5 Å². The topological polar surface area (TPSA) is 50.7 Å². The molecule has 84 valence electrons. The number of hydrogen-bond acceptors (Lipinski definition) is 5. The molecule has 16 heavy (non-hydrogen) atoms. The lowest BCUT2D eigenvalue weighted by molar-refractivity contribution is 0.976. The van der Waals surface area contributed by atoms with Gasteiger partial charge in [-0.1, -0.05) is 6.92 Å². The number of thiazole rings is 1. The van der Waals surface area contributed by atoms with Crippen molar-refractivity contribution in [1.82, 2.24) is 15.0 Å². The molecule has 2 aromatic rings. The third-order valence-corrected chi connectivity index (χ3v) is 2.95. The first-order valence-corrected chi connectivity index (χ1v) is 6.16. The van der Waals surface area contributed by atoms with Gasteiger partial charge < -0.3 is 5.32 Å². The number of nitrogens with one attached hydrogen (secondary N) is 1. The van der Waals surface area contributed by atoms with E-state index in [1.54, 1.807) is 23.7 Å². The van der Waals surface area contributed by atoms with Crippen LogP contribution in [0.3, 0.4) is 0 Å². The van der Waals surface area contributed by atoms with E-state index in [-0.39, 0.29) is 0 Å². The van der Waals surface area contributed by atoms with Gasteiger partial charge in [0.05, 0.1) is 5.69 Å². The average Bonchev–Trinajstić information content (AvgIpc) is 2.75. The summed E-state index contributed by atoms with van der Waals surface area (Å²) in [5.41, 5.74) is 2.67. The van der Waals surface area contributed by atoms with E-state index in [9.17, 15) is 0 Å². The van der Waals surface area contributed by atoms with Gasteiger partial charge in [-0.2, -0.15) is 0 Å². The molecule has 1 N–H and O–H groups in total. The molecule has 0 bridgehead atoms. The highest BCUT2D eigenvalue weighted by atomic mass is 32.1. The van der Waals surface area contributed by atoms with Gasteiger partial charge in [-0.25, -0.2) is 4.98 Å². The maximum atomic E-state index is 4.48. The number of aromatic nitrogens is 3. The molecule has 0 aliphatic carbocycles. The van der Waals surface area contributed by atoms with Crippen LogP contribution in [0.1, 0.15) is 19.0 Å². The molecule has 4 nitrogen and oxygen atoms in total. The maximum Gasteiger partial charge on any atom is 0.183 e. The molecule has 0 unspecified atom stereocenters. The van der Waals surface area contributed by atoms with Gasteiger partial charge >= 0.3 is 0 Å². The molecule has 2 rings (SSSR count). The predicted molar refractivity (Wildman–Crippen MR) is 66.7 cm³/mol. The summed E-state index contributed by atoms with van der Waals surface area (Å²) in [7, 11) is 0. The molecule has 0 atom stereocenters. The van der Waals surface area contributed by atoms with Crippen LogP contribution in [0, 0.1) is 6.92 Å². The van der Waals surface area contributed by atoms with Crippen LogP contribution in [0.2, 0.25) is 0 Å². The number of anilines is 1. The molecule has 0 aliphatic heterocycles. The summed E-state index contributed by atoms with van der Waals surface area (Å²) < 4.78 is 0. The second-order valence-electron chi connectivity index (χ2n) is 3.46. The van der Waals surface area contributed by atoms with Crippen LogP contribution < -0.4 is 5.32 Å². The molecule has 2 heterocycles. The summed E-state index contributed by atoms with van der Waals surface area (Å²) >= 11 is 1.60. The van der Waals surface area contributed by atoms with Crippen molar-refractivity contribution in [2.45, 2.75) is 20.3 Å². The van der Waals surface area contributed by atoms with E-state index in [0.29, 0.717) is 0 Å². The number of rotatable bonds is 4. The van der Waals surface area contributed by atoms with Crippen LogP contribution in [-0.2, 0) is 0 Å². The second kappa shape index (κ2) is 5.03. The molecule has 0 fully saturated rings. The van der Waals surface area contributed by atoms with Crippen molar-refractivity contribution in [3.63, 3.8) is 0 Å². The number of aryl methyl sites for hydroxylation is 1. The largest absolute Gasteiger partial charge is 0.362 e. The van der Waals surface area contributed by atoms with E-state index in [0.717, 1.165) is 35.2 Å². The van der Waals surface area contributed by atoms with Crippen molar-refractivity contribution in [1.29, 1.82) is 0 Å². The molecule has 5 heteroatoms. The van der Waals surface area contributed by atoms with Crippen LogP contribution in [0.5, 0.6) is 0 Å². The zero-order valence-corrected chi connectivity index (χ0v) is 10.2. The Morgan fingerprint density at radius 2 is 2.12 bits per heavy atom. The van der Waals surface area contributed by atoms with Crippen LogP contribution in [0.25, 0.3) is 11.4 Å². The number of nitrogens with zero attached hydrogens (tertiary/aromatic N) is 3. The molecule has 0 aliphatic rings. The molecule has 2 aromatic heterocycles. The Morgan fingerprint density at radius 1 is 1.31 bits per heavy atom. The van der Waals surface area contributed by atoms with Gasteiger partial charge in [-0.05, 0) is 13.3 Å². The van der Waals surface area contributed by atoms with Gasteiger partial charge in [0.25, 0.3) is 0 Å². The molecular weight excluding hydrogens is 220 g/mol. The predicted octanol–water partition coefficient (Wildman–Crippen LogP) is 2.73. The zero-order valence-electron chi connectivity index (χ0n) is 9.40. The Hall–Kier alpha value is -1.49. The molecule has 0 amide bonds. The quantitative estimate of drug-likeness (QED) is 0.883. The molecule has 0 saturated carbocycles. The highest BCUT2D eigenvalue weighted by Gasteiger charge is 2.08. The lowest BCUT2D eigenvalue weighted by Gasteiger charge is -1.99. The Bertz CT molecular complexity index is 467. The van der Waals surface area contributed by atoms with E-state index in [4.69, 9.17) is 0 Å². The van der Waals surface area contributed by atoms with Gasteiger partial charge in [-0.15, -0.1) is 11.3 Å². The summed E-state index contributed by atoms with van der Waals surface area (Å²) in [6, 6.07) is 0. The van der Waals surface area contributed by atoms with E-state index < -0.39 is 0 Å². The van der Waals surface area contributed by atoms with Crippen molar-refractivity contribution < 1.29 is 0 Å². The molecule has 0 aromatic carbocycles. The fourth-order valence-corrected chi connectivity index (χ4v) is 2.08. The molecule has 0 spiro atoms. The van der Waals surface area contributed by atoms with Crippen molar-refractivity contribution in [2.24, 2.45) is 0 Å². The van der Waals surface area contributed by atoms with Crippen LogP contribution in [0.4, 0.5) is 5.13 Å². The molecule has 0 radical (unpaired) electrons. The molecular formula is C11H14N4S. The summed E-state index contributed by atoms with van der Waals surface area (Å²) in [5.74, 6) is 0. The summed E-state index contributed by atoms with van der Waals surface area (Å²) in [4.78, 5) is 13.0. The van der Waals surface area contributed by atoms with Crippen molar-refractivity contribution in [2.75, 3.05) is 11.9 Å². The van der Waals surface area contributed by atoms with Gasteiger partial charge in [0.1, 0.15) is 11.4 Å². The third kappa shape index (κ3) is 2.36. The standard InChI is InChI=1S/C11H14N4S/c1-3-4-14-11-15-9(7-16-11)10-8(2)12-5-6-13-10/h5-7H,3-4H2,1-2H3,(H,14,15). The average molecular weight is 234 g/mol. The molecule has 0 saturated heterocycles. The minimum Gasteiger partial charge on any atom is -0.362 e.